The minimum absolute atomic E-state index is 0.00258. The van der Waals surface area contributed by atoms with Crippen molar-refractivity contribution in [1.29, 1.82) is 0 Å². The maximum atomic E-state index is 12.4. The van der Waals surface area contributed by atoms with Gasteiger partial charge in [0.05, 0.1) is 4.47 Å². The van der Waals surface area contributed by atoms with E-state index in [9.17, 15) is 4.79 Å². The molecule has 2 aromatic rings. The SMILES string of the molecule is O=C(NC1CCCCC1)c1ccc(OCc2ccccc2)c(Br)c1. The van der Waals surface area contributed by atoms with Gasteiger partial charge < -0.3 is 10.1 Å². The molecule has 0 atom stereocenters. The van der Waals surface area contributed by atoms with Crippen LogP contribution < -0.4 is 10.1 Å². The van der Waals surface area contributed by atoms with Crippen molar-refractivity contribution in [2.75, 3.05) is 0 Å². The molecule has 1 amide bonds. The lowest BCUT2D eigenvalue weighted by Gasteiger charge is -2.22. The van der Waals surface area contributed by atoms with Crippen LogP contribution in [0.3, 0.4) is 0 Å². The second-order valence-corrected chi connectivity index (χ2v) is 7.08. The fraction of sp³-hybridized carbons (Fsp3) is 0.350. The first kappa shape index (κ1) is 17.0. The number of halogens is 1. The van der Waals surface area contributed by atoms with Gasteiger partial charge in [-0.2, -0.15) is 0 Å². The second kappa shape index (κ2) is 8.34. The van der Waals surface area contributed by atoms with E-state index in [0.717, 1.165) is 28.6 Å². The van der Waals surface area contributed by atoms with Crippen LogP contribution in [0.4, 0.5) is 0 Å². The highest BCUT2D eigenvalue weighted by Crippen LogP contribution is 2.27. The second-order valence-electron chi connectivity index (χ2n) is 6.23. The van der Waals surface area contributed by atoms with Gasteiger partial charge in [-0.05, 0) is 52.5 Å². The fourth-order valence-corrected chi connectivity index (χ4v) is 3.50. The molecule has 1 aliphatic carbocycles. The molecule has 3 nitrogen and oxygen atoms in total. The summed E-state index contributed by atoms with van der Waals surface area (Å²) in [6, 6.07) is 15.8. The summed E-state index contributed by atoms with van der Waals surface area (Å²) in [5.74, 6) is 0.741. The van der Waals surface area contributed by atoms with E-state index < -0.39 is 0 Å². The first-order chi connectivity index (χ1) is 11.7. The van der Waals surface area contributed by atoms with Gasteiger partial charge in [0.25, 0.3) is 5.91 Å². The molecule has 0 saturated heterocycles. The minimum atomic E-state index is -0.00258. The van der Waals surface area contributed by atoms with Gasteiger partial charge >= 0.3 is 0 Å². The average Bonchev–Trinajstić information content (AvgIpc) is 2.62. The van der Waals surface area contributed by atoms with Crippen molar-refractivity contribution in [3.8, 4) is 5.75 Å². The van der Waals surface area contributed by atoms with Gasteiger partial charge in [-0.15, -0.1) is 0 Å². The third kappa shape index (κ3) is 4.60. The molecule has 0 heterocycles. The molecule has 3 rings (SSSR count). The third-order valence-corrected chi connectivity index (χ3v) is 4.99. The average molecular weight is 388 g/mol. The Morgan fingerprint density at radius 3 is 2.54 bits per heavy atom. The minimum Gasteiger partial charge on any atom is -0.488 e. The summed E-state index contributed by atoms with van der Waals surface area (Å²) in [6.45, 7) is 0.507. The topological polar surface area (TPSA) is 38.3 Å². The summed E-state index contributed by atoms with van der Waals surface area (Å²) in [6.07, 6.45) is 5.88. The van der Waals surface area contributed by atoms with Crippen LogP contribution in [0, 0.1) is 0 Å². The van der Waals surface area contributed by atoms with E-state index in [2.05, 4.69) is 21.2 Å². The first-order valence-electron chi connectivity index (χ1n) is 8.49. The Balaban J connectivity index is 1.60. The number of carbonyl (C=O) groups excluding carboxylic acids is 1. The van der Waals surface area contributed by atoms with E-state index >= 15 is 0 Å². The monoisotopic (exact) mass is 387 g/mol. The molecule has 1 saturated carbocycles. The van der Waals surface area contributed by atoms with Gasteiger partial charge in [0.2, 0.25) is 0 Å². The van der Waals surface area contributed by atoms with Gasteiger partial charge in [0.15, 0.2) is 0 Å². The predicted molar refractivity (Wildman–Crippen MR) is 99.3 cm³/mol. The van der Waals surface area contributed by atoms with Crippen molar-refractivity contribution in [3.05, 3.63) is 64.1 Å². The van der Waals surface area contributed by atoms with Crippen molar-refractivity contribution < 1.29 is 9.53 Å². The largest absolute Gasteiger partial charge is 0.488 e. The smallest absolute Gasteiger partial charge is 0.251 e. The number of ether oxygens (including phenoxy) is 1. The summed E-state index contributed by atoms with van der Waals surface area (Å²) in [5.41, 5.74) is 1.78. The summed E-state index contributed by atoms with van der Waals surface area (Å²) >= 11 is 3.51. The quantitative estimate of drug-likeness (QED) is 0.775. The van der Waals surface area contributed by atoms with Crippen LogP contribution in [0.5, 0.6) is 5.75 Å². The van der Waals surface area contributed by atoms with Gasteiger partial charge in [0.1, 0.15) is 12.4 Å². The van der Waals surface area contributed by atoms with E-state index in [1.54, 1.807) is 0 Å². The Morgan fingerprint density at radius 2 is 1.83 bits per heavy atom. The van der Waals surface area contributed by atoms with Gasteiger partial charge in [0, 0.05) is 11.6 Å². The molecular weight excluding hydrogens is 366 g/mol. The van der Waals surface area contributed by atoms with Crippen LogP contribution in [0.2, 0.25) is 0 Å². The molecule has 1 aliphatic rings. The Morgan fingerprint density at radius 1 is 1.08 bits per heavy atom. The number of carbonyl (C=O) groups is 1. The Hall–Kier alpha value is -1.81. The third-order valence-electron chi connectivity index (χ3n) is 4.37. The Kier molecular flexibility index (Phi) is 5.91. The van der Waals surface area contributed by atoms with Crippen molar-refractivity contribution in [2.45, 2.75) is 44.8 Å². The molecule has 0 bridgehead atoms. The lowest BCUT2D eigenvalue weighted by Crippen LogP contribution is -2.36. The molecule has 4 heteroatoms. The summed E-state index contributed by atoms with van der Waals surface area (Å²) < 4.78 is 6.63. The van der Waals surface area contributed by atoms with Gasteiger partial charge in [-0.25, -0.2) is 0 Å². The van der Waals surface area contributed by atoms with Crippen LogP contribution >= 0.6 is 15.9 Å². The number of benzene rings is 2. The summed E-state index contributed by atoms with van der Waals surface area (Å²) in [7, 11) is 0. The number of amides is 1. The maximum absolute atomic E-state index is 12.4. The van der Waals surface area contributed by atoms with Crippen molar-refractivity contribution in [2.24, 2.45) is 0 Å². The fourth-order valence-electron chi connectivity index (χ4n) is 3.01. The number of rotatable bonds is 5. The normalized spacial score (nSPS) is 15.0. The first-order valence-corrected chi connectivity index (χ1v) is 9.29. The van der Waals surface area contributed by atoms with E-state index in [1.165, 1.54) is 19.3 Å². The summed E-state index contributed by atoms with van der Waals surface area (Å²) in [4.78, 5) is 12.4. The molecule has 0 unspecified atom stereocenters. The number of hydrogen-bond donors (Lipinski definition) is 1. The maximum Gasteiger partial charge on any atom is 0.251 e. The van der Waals surface area contributed by atoms with Gasteiger partial charge in [-0.1, -0.05) is 49.6 Å². The molecule has 126 valence electrons. The van der Waals surface area contributed by atoms with Crippen LogP contribution in [0.25, 0.3) is 0 Å². The van der Waals surface area contributed by atoms with Crippen molar-refractivity contribution in [1.82, 2.24) is 5.32 Å². The van der Waals surface area contributed by atoms with E-state index in [1.807, 2.05) is 48.5 Å². The molecule has 0 radical (unpaired) electrons. The highest BCUT2D eigenvalue weighted by atomic mass is 79.9. The molecule has 2 aromatic carbocycles. The van der Waals surface area contributed by atoms with Crippen molar-refractivity contribution >= 4 is 21.8 Å². The number of nitrogens with one attached hydrogen (secondary N) is 1. The Bertz CT molecular complexity index is 681. The molecule has 1 fully saturated rings. The molecular formula is C20H22BrNO2. The van der Waals surface area contributed by atoms with Crippen molar-refractivity contribution in [3.63, 3.8) is 0 Å². The lowest BCUT2D eigenvalue weighted by molar-refractivity contribution is 0.0927. The van der Waals surface area contributed by atoms with Crippen LogP contribution in [0.15, 0.2) is 53.0 Å². The van der Waals surface area contributed by atoms with Gasteiger partial charge in [-0.3, -0.25) is 4.79 Å². The van der Waals surface area contributed by atoms with Crippen LogP contribution in [-0.2, 0) is 6.61 Å². The highest BCUT2D eigenvalue weighted by Gasteiger charge is 2.17. The van der Waals surface area contributed by atoms with Crippen LogP contribution in [0.1, 0.15) is 48.0 Å². The lowest BCUT2D eigenvalue weighted by atomic mass is 9.95. The molecule has 0 aromatic heterocycles. The van der Waals surface area contributed by atoms with E-state index in [0.29, 0.717) is 18.2 Å². The number of hydrogen-bond acceptors (Lipinski definition) is 2. The summed E-state index contributed by atoms with van der Waals surface area (Å²) in [5, 5.41) is 3.14. The van der Waals surface area contributed by atoms with E-state index in [-0.39, 0.29) is 5.91 Å². The molecule has 24 heavy (non-hydrogen) atoms. The zero-order valence-corrected chi connectivity index (χ0v) is 15.2. The molecule has 1 N–H and O–H groups in total. The predicted octanol–water partition coefficient (Wildman–Crippen LogP) is 5.09. The van der Waals surface area contributed by atoms with E-state index in [4.69, 9.17) is 4.74 Å². The Labute approximate surface area is 151 Å². The standard InChI is InChI=1S/C20H22BrNO2/c21-18-13-16(20(23)22-17-9-5-2-6-10-17)11-12-19(18)24-14-15-7-3-1-4-8-15/h1,3-4,7-8,11-13,17H,2,5-6,9-10,14H2,(H,22,23). The molecule has 0 spiro atoms. The zero-order chi connectivity index (χ0) is 16.8. The van der Waals surface area contributed by atoms with Crippen LogP contribution in [-0.4, -0.2) is 11.9 Å². The highest BCUT2D eigenvalue weighted by molar-refractivity contribution is 9.10. The zero-order valence-electron chi connectivity index (χ0n) is 13.6. The molecule has 0 aliphatic heterocycles.